The molecule has 0 atom stereocenters. The minimum Gasteiger partial charge on any atom is -0.443 e. The fraction of sp³-hybridized carbons (Fsp3) is 0.217. The number of carbonyl (C=O) groups is 2. The number of fused-ring (bicyclic) bond motifs is 1. The van der Waals surface area contributed by atoms with Crippen molar-refractivity contribution >= 4 is 39.6 Å². The van der Waals surface area contributed by atoms with E-state index in [4.69, 9.17) is 4.42 Å². The number of carbonyl (C=O) groups excluding carboxylic acids is 2. The van der Waals surface area contributed by atoms with Crippen molar-refractivity contribution in [1.29, 1.82) is 0 Å². The van der Waals surface area contributed by atoms with Gasteiger partial charge >= 0.3 is 0 Å². The molecular formula is C23H21N5O3S2. The molecular weight excluding hydrogens is 458 g/mol. The zero-order valence-electron chi connectivity index (χ0n) is 17.8. The molecule has 3 aromatic heterocycles. The molecule has 1 aromatic carbocycles. The Labute approximate surface area is 198 Å². The van der Waals surface area contributed by atoms with Crippen molar-refractivity contribution in [3.05, 3.63) is 75.6 Å². The summed E-state index contributed by atoms with van der Waals surface area (Å²) in [6, 6.07) is 10.8. The van der Waals surface area contributed by atoms with Gasteiger partial charge in [-0.2, -0.15) is 0 Å². The molecule has 2 N–H and O–H groups in total. The van der Waals surface area contributed by atoms with Crippen LogP contribution in [0.1, 0.15) is 36.2 Å². The molecule has 4 aromatic rings. The topological polar surface area (TPSA) is 100 Å². The Bertz CT molecular complexity index is 1300. The molecule has 0 aliphatic carbocycles. The van der Waals surface area contributed by atoms with Crippen LogP contribution in [0, 0.1) is 0 Å². The predicted molar refractivity (Wildman–Crippen MR) is 128 cm³/mol. The summed E-state index contributed by atoms with van der Waals surface area (Å²) in [5, 5.41) is 6.44. The molecule has 0 bridgehead atoms. The van der Waals surface area contributed by atoms with E-state index in [1.165, 1.54) is 33.9 Å². The van der Waals surface area contributed by atoms with Crippen molar-refractivity contribution in [3.8, 4) is 10.6 Å². The molecule has 0 unspecified atom stereocenters. The molecule has 0 radical (unpaired) electrons. The van der Waals surface area contributed by atoms with Gasteiger partial charge in [-0.05, 0) is 36.9 Å². The summed E-state index contributed by atoms with van der Waals surface area (Å²) in [6.07, 6.45) is 3.88. The third kappa shape index (κ3) is 4.87. The molecule has 2 amide bonds. The minimum atomic E-state index is -0.211. The van der Waals surface area contributed by atoms with E-state index in [1.807, 2.05) is 18.2 Å². The number of thiazole rings is 1. The van der Waals surface area contributed by atoms with Crippen LogP contribution < -0.4 is 10.6 Å². The quantitative estimate of drug-likeness (QED) is 0.433. The first-order chi connectivity index (χ1) is 16.0. The van der Waals surface area contributed by atoms with Gasteiger partial charge in [-0.3, -0.25) is 14.9 Å². The van der Waals surface area contributed by atoms with E-state index in [0.717, 1.165) is 35.6 Å². The van der Waals surface area contributed by atoms with Gasteiger partial charge in [-0.15, -0.1) is 22.7 Å². The normalized spacial score (nSPS) is 13.5. The SMILES string of the molecule is CN1CCc2nc(NC(=O)c3cccc(CNC(=O)c4ccc(-c5cnco5)s4)c3)sc2C1. The summed E-state index contributed by atoms with van der Waals surface area (Å²) in [4.78, 5) is 38.7. The molecule has 0 fully saturated rings. The van der Waals surface area contributed by atoms with E-state index in [0.29, 0.717) is 27.9 Å². The number of nitrogens with one attached hydrogen (secondary N) is 2. The highest BCUT2D eigenvalue weighted by atomic mass is 32.1. The Hall–Kier alpha value is -3.34. The number of likely N-dealkylation sites (N-methyl/N-ethyl adjacent to an activating group) is 1. The van der Waals surface area contributed by atoms with Crippen molar-refractivity contribution in [2.45, 2.75) is 19.5 Å². The molecule has 10 heteroatoms. The Balaban J connectivity index is 1.20. The highest BCUT2D eigenvalue weighted by molar-refractivity contribution is 7.17. The fourth-order valence-corrected chi connectivity index (χ4v) is 5.53. The Morgan fingerprint density at radius 3 is 2.94 bits per heavy atom. The van der Waals surface area contributed by atoms with Crippen LogP contribution in [0.3, 0.4) is 0 Å². The van der Waals surface area contributed by atoms with Crippen LogP contribution in [0.25, 0.3) is 10.6 Å². The minimum absolute atomic E-state index is 0.182. The van der Waals surface area contributed by atoms with Crippen LogP contribution in [-0.2, 0) is 19.5 Å². The second kappa shape index (κ2) is 9.26. The molecule has 8 nitrogen and oxygen atoms in total. The van der Waals surface area contributed by atoms with E-state index in [-0.39, 0.29) is 11.8 Å². The Morgan fingerprint density at radius 2 is 2.09 bits per heavy atom. The van der Waals surface area contributed by atoms with Crippen molar-refractivity contribution < 1.29 is 14.0 Å². The maximum absolute atomic E-state index is 12.8. The maximum atomic E-state index is 12.8. The summed E-state index contributed by atoms with van der Waals surface area (Å²) in [5.41, 5.74) is 2.43. The zero-order chi connectivity index (χ0) is 22.8. The lowest BCUT2D eigenvalue weighted by Gasteiger charge is -2.20. The van der Waals surface area contributed by atoms with E-state index >= 15 is 0 Å². The van der Waals surface area contributed by atoms with Gasteiger partial charge in [0.1, 0.15) is 0 Å². The lowest BCUT2D eigenvalue weighted by atomic mass is 10.1. The average Bonchev–Trinajstić information content (AvgIpc) is 3.57. The Morgan fingerprint density at radius 1 is 1.18 bits per heavy atom. The van der Waals surface area contributed by atoms with Crippen LogP contribution in [0.5, 0.6) is 0 Å². The molecule has 5 rings (SSSR count). The number of rotatable bonds is 6. The summed E-state index contributed by atoms with van der Waals surface area (Å²) in [7, 11) is 2.08. The molecule has 4 heterocycles. The number of hydrogen-bond acceptors (Lipinski definition) is 8. The molecule has 168 valence electrons. The number of nitrogens with zero attached hydrogens (tertiary/aromatic N) is 3. The highest BCUT2D eigenvalue weighted by Gasteiger charge is 2.19. The second-order valence-electron chi connectivity index (χ2n) is 7.74. The van der Waals surface area contributed by atoms with Crippen LogP contribution in [-0.4, -0.2) is 40.3 Å². The summed E-state index contributed by atoms with van der Waals surface area (Å²) < 4.78 is 5.27. The maximum Gasteiger partial charge on any atom is 0.261 e. The largest absolute Gasteiger partial charge is 0.443 e. The third-order valence-corrected chi connectivity index (χ3v) is 7.39. The third-order valence-electron chi connectivity index (χ3n) is 5.29. The number of oxazole rings is 1. The van der Waals surface area contributed by atoms with Gasteiger partial charge in [0.2, 0.25) is 0 Å². The number of thiophene rings is 1. The summed E-state index contributed by atoms with van der Waals surface area (Å²) >= 11 is 2.86. The average molecular weight is 480 g/mol. The van der Waals surface area contributed by atoms with Gasteiger partial charge in [-0.25, -0.2) is 9.97 Å². The molecule has 1 aliphatic heterocycles. The van der Waals surface area contributed by atoms with Crippen LogP contribution in [0.15, 0.2) is 53.4 Å². The number of hydrogen-bond donors (Lipinski definition) is 2. The van der Waals surface area contributed by atoms with E-state index in [9.17, 15) is 9.59 Å². The molecule has 0 saturated heterocycles. The van der Waals surface area contributed by atoms with E-state index in [2.05, 4.69) is 32.5 Å². The molecule has 0 saturated carbocycles. The van der Waals surface area contributed by atoms with Crippen molar-refractivity contribution in [2.24, 2.45) is 0 Å². The van der Waals surface area contributed by atoms with Gasteiger partial charge in [0.15, 0.2) is 17.3 Å². The second-order valence-corrected chi connectivity index (χ2v) is 9.91. The van der Waals surface area contributed by atoms with Gasteiger partial charge in [0.25, 0.3) is 11.8 Å². The first kappa shape index (κ1) is 21.5. The standard InChI is InChI=1S/C23H21N5O3S2/c1-28-8-7-16-20(12-28)33-23(26-16)27-21(29)15-4-2-3-14(9-15)10-25-22(30)19-6-5-18(32-19)17-11-24-13-31-17/h2-6,9,11,13H,7-8,10,12H2,1H3,(H,25,30)(H,26,27,29). The smallest absolute Gasteiger partial charge is 0.261 e. The first-order valence-electron chi connectivity index (χ1n) is 10.4. The monoisotopic (exact) mass is 479 g/mol. The van der Waals surface area contributed by atoms with Crippen molar-refractivity contribution in [1.82, 2.24) is 20.2 Å². The highest BCUT2D eigenvalue weighted by Crippen LogP contribution is 2.29. The Kier molecular flexibility index (Phi) is 6.03. The lowest BCUT2D eigenvalue weighted by Crippen LogP contribution is -2.25. The molecule has 0 spiro atoms. The summed E-state index contributed by atoms with van der Waals surface area (Å²) in [5.74, 6) is 0.238. The zero-order valence-corrected chi connectivity index (χ0v) is 19.5. The van der Waals surface area contributed by atoms with Gasteiger partial charge in [0.05, 0.1) is 21.6 Å². The van der Waals surface area contributed by atoms with Crippen molar-refractivity contribution in [3.63, 3.8) is 0 Å². The lowest BCUT2D eigenvalue weighted by molar-refractivity contribution is 0.0954. The van der Waals surface area contributed by atoms with Crippen LogP contribution in [0.2, 0.25) is 0 Å². The number of benzene rings is 1. The number of aromatic nitrogens is 2. The van der Waals surface area contributed by atoms with Crippen molar-refractivity contribution in [2.75, 3.05) is 18.9 Å². The molecule has 33 heavy (non-hydrogen) atoms. The van der Waals surface area contributed by atoms with E-state index < -0.39 is 0 Å². The van der Waals surface area contributed by atoms with Gasteiger partial charge in [-0.1, -0.05) is 12.1 Å². The van der Waals surface area contributed by atoms with Crippen LogP contribution in [0.4, 0.5) is 5.13 Å². The van der Waals surface area contributed by atoms with E-state index in [1.54, 1.807) is 24.4 Å². The first-order valence-corrected chi connectivity index (χ1v) is 12.0. The molecule has 1 aliphatic rings. The number of amides is 2. The predicted octanol–water partition coefficient (Wildman–Crippen LogP) is 4.03. The number of anilines is 1. The summed E-state index contributed by atoms with van der Waals surface area (Å²) in [6.45, 7) is 2.15. The van der Waals surface area contributed by atoms with Gasteiger partial charge < -0.3 is 14.6 Å². The van der Waals surface area contributed by atoms with Gasteiger partial charge in [0, 0.05) is 36.5 Å². The van der Waals surface area contributed by atoms with Crippen LogP contribution >= 0.6 is 22.7 Å². The fourth-order valence-electron chi connectivity index (χ4n) is 3.57.